The number of hydrogen-bond donors (Lipinski definition) is 12. The Balaban J connectivity index is 1.30. The van der Waals surface area contributed by atoms with Crippen LogP contribution in [0.5, 0.6) is 0 Å². The highest BCUT2D eigenvalue weighted by molar-refractivity contribution is 5.76. The summed E-state index contributed by atoms with van der Waals surface area (Å²) in [5, 5.41) is 121. The van der Waals surface area contributed by atoms with Gasteiger partial charge in [0.2, 0.25) is 5.91 Å². The zero-order valence-electron chi connectivity index (χ0n) is 69.7. The topological polar surface area (TPSA) is 307 Å². The van der Waals surface area contributed by atoms with Crippen LogP contribution >= 0.6 is 0 Å². The fourth-order valence-corrected chi connectivity index (χ4v) is 15.0. The molecule has 0 bridgehead atoms. The molecule has 0 radical (unpaired) electrons. The highest BCUT2D eigenvalue weighted by Crippen LogP contribution is 2.34. The van der Waals surface area contributed by atoms with Gasteiger partial charge in [-0.25, -0.2) is 0 Å². The molecule has 646 valence electrons. The van der Waals surface area contributed by atoms with E-state index in [1.807, 2.05) is 6.08 Å². The number of hydrogen-bond acceptors (Lipinski definition) is 18. The van der Waals surface area contributed by atoms with Gasteiger partial charge in [0.25, 0.3) is 0 Å². The Morgan fingerprint density at radius 3 is 1.01 bits per heavy atom. The smallest absolute Gasteiger partial charge is 0.220 e. The summed E-state index contributed by atoms with van der Waals surface area (Å²) in [5.41, 5.74) is 0. The van der Waals surface area contributed by atoms with E-state index in [4.69, 9.17) is 28.4 Å². The molecule has 3 heterocycles. The summed E-state index contributed by atoms with van der Waals surface area (Å²) in [7, 11) is 0. The number of unbranched alkanes of at least 4 members (excludes halogenated alkanes) is 45. The van der Waals surface area contributed by atoms with Crippen LogP contribution in [0.15, 0.2) is 85.1 Å². The van der Waals surface area contributed by atoms with Gasteiger partial charge in [-0.05, 0) is 83.5 Å². The van der Waals surface area contributed by atoms with Gasteiger partial charge in [0, 0.05) is 6.42 Å². The number of aliphatic hydroxyl groups excluding tert-OH is 11. The lowest BCUT2D eigenvalue weighted by atomic mass is 9.96. The van der Waals surface area contributed by atoms with E-state index in [1.165, 1.54) is 257 Å². The minimum Gasteiger partial charge on any atom is -0.394 e. The molecular weight excluding hydrogens is 1410 g/mol. The van der Waals surface area contributed by atoms with E-state index in [0.29, 0.717) is 12.8 Å². The summed E-state index contributed by atoms with van der Waals surface area (Å²) >= 11 is 0. The number of nitrogens with one attached hydrogen (secondary N) is 1. The maximum absolute atomic E-state index is 13.5. The summed E-state index contributed by atoms with van der Waals surface area (Å²) in [6.45, 7) is 1.64. The lowest BCUT2D eigenvalue weighted by Crippen LogP contribution is -2.66. The minimum atomic E-state index is -1.99. The summed E-state index contributed by atoms with van der Waals surface area (Å²) in [6.07, 6.45) is 70.4. The maximum Gasteiger partial charge on any atom is 0.220 e. The molecule has 0 saturated carbocycles. The second kappa shape index (κ2) is 71.1. The van der Waals surface area contributed by atoms with Crippen molar-refractivity contribution in [3.8, 4) is 0 Å². The van der Waals surface area contributed by atoms with Crippen molar-refractivity contribution in [1.82, 2.24) is 5.32 Å². The third-order valence-electron chi connectivity index (χ3n) is 22.2. The monoisotopic (exact) mass is 1570 g/mol. The van der Waals surface area contributed by atoms with E-state index < -0.39 is 124 Å². The van der Waals surface area contributed by atoms with Crippen LogP contribution in [0.25, 0.3) is 0 Å². The molecule has 3 rings (SSSR count). The lowest BCUT2D eigenvalue weighted by Gasteiger charge is -2.48. The second-order valence-corrected chi connectivity index (χ2v) is 32.0. The largest absolute Gasteiger partial charge is 0.394 e. The van der Waals surface area contributed by atoms with Gasteiger partial charge in [-0.15, -0.1) is 0 Å². The fourth-order valence-electron chi connectivity index (χ4n) is 15.0. The summed E-state index contributed by atoms with van der Waals surface area (Å²) in [6, 6.07) is -1.000. The summed E-state index contributed by atoms with van der Waals surface area (Å²) in [5.74, 6) is -0.284. The number of rotatable bonds is 73. The molecule has 0 aromatic carbocycles. The molecule has 17 atom stereocenters. The first-order valence-electron chi connectivity index (χ1n) is 45.3. The van der Waals surface area contributed by atoms with Crippen molar-refractivity contribution in [1.29, 1.82) is 0 Å². The van der Waals surface area contributed by atoms with Crippen molar-refractivity contribution in [2.24, 2.45) is 0 Å². The molecule has 111 heavy (non-hydrogen) atoms. The molecule has 3 aliphatic rings. The Kier molecular flexibility index (Phi) is 65.4. The fraction of sp³-hybridized carbons (Fsp3) is 0.837. The molecule has 19 heteroatoms. The summed E-state index contributed by atoms with van der Waals surface area (Å²) in [4.78, 5) is 13.5. The molecule has 1 amide bonds. The Morgan fingerprint density at radius 1 is 0.333 bits per heavy atom. The molecule has 3 saturated heterocycles. The normalized spacial score (nSPS) is 25.4. The molecule has 0 spiro atoms. The van der Waals surface area contributed by atoms with Crippen molar-refractivity contribution < 1.29 is 89.4 Å². The lowest BCUT2D eigenvalue weighted by molar-refractivity contribution is -0.379. The molecule has 0 aromatic heterocycles. The third kappa shape index (κ3) is 49.7. The molecule has 17 unspecified atom stereocenters. The Labute approximate surface area is 673 Å². The average Bonchev–Trinajstić information content (AvgIpc) is 0.780. The highest BCUT2D eigenvalue weighted by Gasteiger charge is 2.54. The number of carbonyl (C=O) groups excluding carboxylic acids is 1. The Hall–Kier alpha value is -3.03. The Morgan fingerprint density at radius 2 is 0.631 bits per heavy atom. The van der Waals surface area contributed by atoms with Crippen molar-refractivity contribution in [3.63, 3.8) is 0 Å². The highest BCUT2D eigenvalue weighted by atomic mass is 16.8. The van der Waals surface area contributed by atoms with Gasteiger partial charge in [0.05, 0.1) is 38.6 Å². The SMILES string of the molecule is CC/C=C\C/C=C\C/C=C\C/C=C\CCCCCCCCCCCCCCCCCCCCCCCCCCCCCCC(=O)NC(COC1OC(CO)C(OC2OC(CO)C(OC3OC(CO)C(O)C(O)C3O)C(O)C2O)C(O)C1O)C(O)/C=C/CC/C=C/CC/C=C/CCCCCCCCCCCCCCCCC. The predicted octanol–water partition coefficient (Wildman–Crippen LogP) is 17.3. The zero-order valence-corrected chi connectivity index (χ0v) is 69.7. The standard InChI is InChI=1S/C92H165NO18/c1-3-5-7-9-11-13-15-17-19-21-23-25-27-29-30-31-32-33-34-35-36-37-38-39-40-41-42-43-44-46-48-50-52-54-56-58-60-62-64-66-68-70-80(98)93-75(76(97)69-67-65-63-61-59-57-55-53-51-49-47-45-28-26-24-22-20-18-16-14-12-10-8-6-4-2)74-106-90-86(104)83(101)88(78(72-95)108-90)111-92-87(105)84(102)89(79(73-96)109-92)110-91-85(103)82(100)81(99)77(71-94)107-91/h5,7,11,13,17,19,23,25,51,53,59,61,67,69,75-79,81-92,94-97,99-105H,3-4,6,8-10,12,14-16,18,20-22,24,26-50,52,54-58,60,62-66,68,70-74H2,1-2H3,(H,93,98)/b7-5-,13-11-,19-17-,25-23-,53-51+,61-59+,69-67+. The van der Waals surface area contributed by atoms with Crippen LogP contribution in [0.1, 0.15) is 361 Å². The van der Waals surface area contributed by atoms with Gasteiger partial charge in [0.15, 0.2) is 18.9 Å². The number of ether oxygens (including phenoxy) is 6. The van der Waals surface area contributed by atoms with Crippen LogP contribution in [-0.2, 0) is 33.2 Å². The van der Waals surface area contributed by atoms with E-state index in [9.17, 15) is 61.0 Å². The first kappa shape index (κ1) is 102. The van der Waals surface area contributed by atoms with Crippen molar-refractivity contribution in [2.75, 3.05) is 26.4 Å². The van der Waals surface area contributed by atoms with Crippen molar-refractivity contribution in [2.45, 2.75) is 465 Å². The van der Waals surface area contributed by atoms with Crippen LogP contribution < -0.4 is 5.32 Å². The number of amides is 1. The predicted molar refractivity (Wildman–Crippen MR) is 448 cm³/mol. The van der Waals surface area contributed by atoms with E-state index in [0.717, 1.165) is 70.6 Å². The van der Waals surface area contributed by atoms with Crippen LogP contribution in [0, 0.1) is 0 Å². The van der Waals surface area contributed by atoms with E-state index in [1.54, 1.807) is 6.08 Å². The molecule has 0 aliphatic carbocycles. The first-order valence-corrected chi connectivity index (χ1v) is 45.3. The van der Waals surface area contributed by atoms with E-state index >= 15 is 0 Å². The van der Waals surface area contributed by atoms with Crippen LogP contribution in [-0.4, -0.2) is 193 Å². The van der Waals surface area contributed by atoms with E-state index in [2.05, 4.69) is 92.1 Å². The molecule has 3 aliphatic heterocycles. The van der Waals surface area contributed by atoms with E-state index in [-0.39, 0.29) is 18.9 Å². The van der Waals surface area contributed by atoms with Gasteiger partial charge < -0.3 is 89.9 Å². The van der Waals surface area contributed by atoms with Crippen LogP contribution in [0.3, 0.4) is 0 Å². The van der Waals surface area contributed by atoms with Crippen LogP contribution in [0.2, 0.25) is 0 Å². The second-order valence-electron chi connectivity index (χ2n) is 32.0. The minimum absolute atomic E-state index is 0.234. The van der Waals surface area contributed by atoms with Gasteiger partial charge in [-0.2, -0.15) is 0 Å². The third-order valence-corrected chi connectivity index (χ3v) is 22.2. The van der Waals surface area contributed by atoms with Gasteiger partial charge in [-0.3, -0.25) is 4.79 Å². The van der Waals surface area contributed by atoms with Gasteiger partial charge >= 0.3 is 0 Å². The van der Waals surface area contributed by atoms with Gasteiger partial charge in [-0.1, -0.05) is 356 Å². The van der Waals surface area contributed by atoms with Crippen molar-refractivity contribution in [3.05, 3.63) is 85.1 Å². The molecular formula is C92H165NO18. The Bertz CT molecular complexity index is 2330. The molecule has 19 nitrogen and oxygen atoms in total. The van der Waals surface area contributed by atoms with Crippen molar-refractivity contribution >= 4 is 5.91 Å². The number of aliphatic hydroxyl groups is 11. The van der Waals surface area contributed by atoms with Crippen LogP contribution in [0.4, 0.5) is 0 Å². The average molecular weight is 1570 g/mol. The first-order chi connectivity index (χ1) is 54.3. The molecule has 3 fully saturated rings. The number of carbonyl (C=O) groups is 1. The van der Waals surface area contributed by atoms with Gasteiger partial charge in [0.1, 0.15) is 73.2 Å². The quantitative estimate of drug-likeness (QED) is 0.0199. The number of allylic oxidation sites excluding steroid dienone is 13. The molecule has 0 aromatic rings. The molecule has 12 N–H and O–H groups in total. The maximum atomic E-state index is 13.5. The zero-order chi connectivity index (χ0) is 80.3. The summed E-state index contributed by atoms with van der Waals surface area (Å²) < 4.78 is 34.5.